The molecule has 3 aromatic rings. The summed E-state index contributed by atoms with van der Waals surface area (Å²) in [5, 5.41) is 16.1. The van der Waals surface area contributed by atoms with E-state index in [1.165, 1.54) is 14.0 Å². The molecule has 0 radical (unpaired) electrons. The summed E-state index contributed by atoms with van der Waals surface area (Å²) in [6.45, 7) is 3.62. The van der Waals surface area contributed by atoms with Gasteiger partial charge in [-0.1, -0.05) is 25.5 Å². The summed E-state index contributed by atoms with van der Waals surface area (Å²) in [4.78, 5) is 20.4. The minimum absolute atomic E-state index is 0.0163. The first-order chi connectivity index (χ1) is 14.5. The molecule has 1 heterocycles. The van der Waals surface area contributed by atoms with Gasteiger partial charge in [-0.15, -0.1) is 0 Å². The third-order valence-corrected chi connectivity index (χ3v) is 4.62. The van der Waals surface area contributed by atoms with E-state index >= 15 is 0 Å². The molecule has 0 bridgehead atoms. The SMILES string of the molecule is CCC[C@H](Nc1cncc(-c2ccc(O)c(OC)c2)n1)c1cccc(NC(C)=O)c1. The number of nitrogens with one attached hydrogen (secondary N) is 2. The standard InChI is InChI=1S/C23H26N4O3/c1-4-6-19(16-7-5-8-18(11-16)25-15(2)28)26-23-14-24-13-20(27-23)17-9-10-21(29)22(12-17)30-3/h5,7-14,19,29H,4,6H2,1-3H3,(H,25,28)(H,26,27)/t19-/m0/s1. The first-order valence-corrected chi connectivity index (χ1v) is 9.83. The summed E-state index contributed by atoms with van der Waals surface area (Å²) in [6, 6.07) is 12.9. The number of phenolic OH excluding ortho intramolecular Hbond substituents is 1. The summed E-state index contributed by atoms with van der Waals surface area (Å²) in [5.41, 5.74) is 3.28. The molecule has 30 heavy (non-hydrogen) atoms. The topological polar surface area (TPSA) is 96.4 Å². The number of aromatic hydroxyl groups is 1. The second kappa shape index (κ2) is 9.73. The van der Waals surface area contributed by atoms with Crippen LogP contribution in [0.5, 0.6) is 11.5 Å². The number of aromatic nitrogens is 2. The zero-order chi connectivity index (χ0) is 21.5. The van der Waals surface area contributed by atoms with Crippen molar-refractivity contribution in [3.05, 3.63) is 60.4 Å². The van der Waals surface area contributed by atoms with Crippen molar-refractivity contribution in [2.45, 2.75) is 32.7 Å². The summed E-state index contributed by atoms with van der Waals surface area (Å²) >= 11 is 0. The molecular weight excluding hydrogens is 380 g/mol. The van der Waals surface area contributed by atoms with Crippen molar-refractivity contribution < 1.29 is 14.6 Å². The third-order valence-electron chi connectivity index (χ3n) is 4.62. The number of carbonyl (C=O) groups excluding carboxylic acids is 1. The minimum atomic E-state index is -0.102. The molecule has 0 spiro atoms. The van der Waals surface area contributed by atoms with Crippen LogP contribution in [0, 0.1) is 0 Å². The van der Waals surface area contributed by atoms with Crippen molar-refractivity contribution in [3.8, 4) is 22.8 Å². The van der Waals surface area contributed by atoms with Gasteiger partial charge in [-0.05, 0) is 42.3 Å². The number of benzene rings is 2. The van der Waals surface area contributed by atoms with Crippen molar-refractivity contribution >= 4 is 17.4 Å². The second-order valence-corrected chi connectivity index (χ2v) is 6.97. The van der Waals surface area contributed by atoms with Gasteiger partial charge in [0.15, 0.2) is 11.5 Å². The molecule has 0 fully saturated rings. The Hall–Kier alpha value is -3.61. The molecule has 0 saturated heterocycles. The monoisotopic (exact) mass is 406 g/mol. The van der Waals surface area contributed by atoms with E-state index in [0.29, 0.717) is 17.3 Å². The number of nitrogens with zero attached hydrogens (tertiary/aromatic N) is 2. The van der Waals surface area contributed by atoms with Gasteiger partial charge in [0, 0.05) is 18.2 Å². The first kappa shape index (κ1) is 21.1. The number of hydrogen-bond acceptors (Lipinski definition) is 6. The molecule has 0 aliphatic carbocycles. The quantitative estimate of drug-likeness (QED) is 0.499. The van der Waals surface area contributed by atoms with E-state index in [-0.39, 0.29) is 17.7 Å². The van der Waals surface area contributed by atoms with Crippen molar-refractivity contribution in [2.24, 2.45) is 0 Å². The van der Waals surface area contributed by atoms with Gasteiger partial charge in [-0.3, -0.25) is 9.78 Å². The predicted molar refractivity (Wildman–Crippen MR) is 118 cm³/mol. The number of phenols is 1. The number of hydrogen-bond donors (Lipinski definition) is 3. The van der Waals surface area contributed by atoms with Gasteiger partial charge >= 0.3 is 0 Å². The number of rotatable bonds is 8. The fourth-order valence-electron chi connectivity index (χ4n) is 3.24. The van der Waals surface area contributed by atoms with Crippen LogP contribution in [0.15, 0.2) is 54.9 Å². The van der Waals surface area contributed by atoms with Gasteiger partial charge in [0.25, 0.3) is 0 Å². The van der Waals surface area contributed by atoms with Gasteiger partial charge in [-0.25, -0.2) is 4.98 Å². The lowest BCUT2D eigenvalue weighted by Gasteiger charge is -2.20. The van der Waals surface area contributed by atoms with Crippen LogP contribution in [0.2, 0.25) is 0 Å². The predicted octanol–water partition coefficient (Wildman–Crippen LogP) is 4.77. The van der Waals surface area contributed by atoms with Crippen LogP contribution in [0.1, 0.15) is 38.3 Å². The van der Waals surface area contributed by atoms with Crippen LogP contribution in [-0.2, 0) is 4.79 Å². The van der Waals surface area contributed by atoms with E-state index in [1.54, 1.807) is 30.6 Å². The van der Waals surface area contributed by atoms with Gasteiger partial charge in [-0.2, -0.15) is 0 Å². The van der Waals surface area contributed by atoms with Crippen molar-refractivity contribution in [1.29, 1.82) is 0 Å². The highest BCUT2D eigenvalue weighted by Crippen LogP contribution is 2.31. The third kappa shape index (κ3) is 5.26. The maximum atomic E-state index is 11.4. The number of ether oxygens (including phenoxy) is 1. The zero-order valence-electron chi connectivity index (χ0n) is 17.3. The van der Waals surface area contributed by atoms with Crippen molar-refractivity contribution in [1.82, 2.24) is 9.97 Å². The molecule has 1 amide bonds. The average Bonchev–Trinajstić information content (AvgIpc) is 2.74. The van der Waals surface area contributed by atoms with E-state index in [1.807, 2.05) is 24.3 Å². The summed E-state index contributed by atoms with van der Waals surface area (Å²) in [6.07, 6.45) is 5.22. The molecule has 0 aliphatic heterocycles. The van der Waals surface area contributed by atoms with Gasteiger partial charge in [0.2, 0.25) is 5.91 Å². The van der Waals surface area contributed by atoms with E-state index in [0.717, 1.165) is 29.7 Å². The lowest BCUT2D eigenvalue weighted by atomic mass is 10.0. The Morgan fingerprint density at radius 3 is 2.77 bits per heavy atom. The van der Waals surface area contributed by atoms with E-state index in [2.05, 4.69) is 27.5 Å². The van der Waals surface area contributed by atoms with Gasteiger partial charge < -0.3 is 20.5 Å². The van der Waals surface area contributed by atoms with Crippen LogP contribution < -0.4 is 15.4 Å². The van der Waals surface area contributed by atoms with Crippen LogP contribution in [0.4, 0.5) is 11.5 Å². The maximum absolute atomic E-state index is 11.4. The molecular formula is C23H26N4O3. The van der Waals surface area contributed by atoms with Crippen molar-refractivity contribution in [2.75, 3.05) is 17.7 Å². The highest BCUT2D eigenvalue weighted by molar-refractivity contribution is 5.88. The largest absolute Gasteiger partial charge is 0.504 e. The molecule has 0 saturated carbocycles. The Morgan fingerprint density at radius 1 is 1.20 bits per heavy atom. The maximum Gasteiger partial charge on any atom is 0.221 e. The Kier molecular flexibility index (Phi) is 6.85. The lowest BCUT2D eigenvalue weighted by Crippen LogP contribution is -2.13. The zero-order valence-corrected chi connectivity index (χ0v) is 17.3. The molecule has 7 nitrogen and oxygen atoms in total. The Morgan fingerprint density at radius 2 is 2.03 bits per heavy atom. The molecule has 0 unspecified atom stereocenters. The second-order valence-electron chi connectivity index (χ2n) is 6.97. The van der Waals surface area contributed by atoms with Gasteiger partial charge in [0.1, 0.15) is 5.82 Å². The van der Waals surface area contributed by atoms with E-state index < -0.39 is 0 Å². The molecule has 1 aromatic heterocycles. The number of amides is 1. The normalized spacial score (nSPS) is 11.6. The Labute approximate surface area is 176 Å². The Balaban J connectivity index is 1.86. The summed E-state index contributed by atoms with van der Waals surface area (Å²) in [7, 11) is 1.51. The summed E-state index contributed by atoms with van der Waals surface area (Å²) < 4.78 is 5.19. The Bertz CT molecular complexity index is 1020. The fourth-order valence-corrected chi connectivity index (χ4v) is 3.24. The first-order valence-electron chi connectivity index (χ1n) is 9.83. The van der Waals surface area contributed by atoms with Crippen LogP contribution >= 0.6 is 0 Å². The summed E-state index contributed by atoms with van der Waals surface area (Å²) in [5.74, 6) is 0.995. The van der Waals surface area contributed by atoms with Crippen molar-refractivity contribution in [3.63, 3.8) is 0 Å². The molecule has 156 valence electrons. The molecule has 3 rings (SSSR count). The fraction of sp³-hybridized carbons (Fsp3) is 0.261. The van der Waals surface area contributed by atoms with E-state index in [9.17, 15) is 9.90 Å². The highest BCUT2D eigenvalue weighted by Gasteiger charge is 2.14. The average molecular weight is 406 g/mol. The lowest BCUT2D eigenvalue weighted by molar-refractivity contribution is -0.114. The smallest absolute Gasteiger partial charge is 0.221 e. The van der Waals surface area contributed by atoms with Gasteiger partial charge in [0.05, 0.1) is 31.2 Å². The number of carbonyl (C=O) groups is 1. The molecule has 7 heteroatoms. The number of anilines is 2. The molecule has 2 aromatic carbocycles. The number of methoxy groups -OCH3 is 1. The van der Waals surface area contributed by atoms with Crippen LogP contribution in [0.25, 0.3) is 11.3 Å². The van der Waals surface area contributed by atoms with Crippen LogP contribution in [-0.4, -0.2) is 28.1 Å². The molecule has 0 aliphatic rings. The minimum Gasteiger partial charge on any atom is -0.504 e. The molecule has 3 N–H and O–H groups in total. The highest BCUT2D eigenvalue weighted by atomic mass is 16.5. The molecule has 1 atom stereocenters. The van der Waals surface area contributed by atoms with Crippen LogP contribution in [0.3, 0.4) is 0 Å². The van der Waals surface area contributed by atoms with E-state index in [4.69, 9.17) is 4.74 Å².